The van der Waals surface area contributed by atoms with Crippen LogP contribution in [0.5, 0.6) is 5.75 Å². The third-order valence-electron chi connectivity index (χ3n) is 6.49. The molecule has 0 bridgehead atoms. The number of nitrogens with zero attached hydrogens (tertiary/aromatic N) is 1. The molecule has 0 amide bonds. The van der Waals surface area contributed by atoms with Gasteiger partial charge >= 0.3 is 5.97 Å². The average molecular weight is 508 g/mol. The number of carbonyl (C=O) groups is 1. The molecule has 2 aromatic carbocycles. The lowest BCUT2D eigenvalue weighted by atomic mass is 9.76. The van der Waals surface area contributed by atoms with E-state index in [-0.39, 0.29) is 5.41 Å². The van der Waals surface area contributed by atoms with Crippen molar-refractivity contribution in [3.63, 3.8) is 0 Å². The summed E-state index contributed by atoms with van der Waals surface area (Å²) in [6.07, 6.45) is 2.85. The highest BCUT2D eigenvalue weighted by Crippen LogP contribution is 2.46. The van der Waals surface area contributed by atoms with Crippen molar-refractivity contribution < 1.29 is 14.6 Å². The Morgan fingerprint density at radius 1 is 1.23 bits per heavy atom. The number of hydrogen-bond donors (Lipinski definition) is 3. The predicted molar refractivity (Wildman–Crippen MR) is 145 cm³/mol. The Balaban J connectivity index is 1.27. The minimum atomic E-state index is -0.835. The van der Waals surface area contributed by atoms with Gasteiger partial charge < -0.3 is 20.9 Å². The first-order valence-corrected chi connectivity index (χ1v) is 13.3. The van der Waals surface area contributed by atoms with E-state index in [4.69, 9.17) is 10.5 Å². The Labute approximate surface area is 212 Å². The van der Waals surface area contributed by atoms with Crippen LogP contribution < -0.4 is 15.8 Å². The summed E-state index contributed by atoms with van der Waals surface area (Å²) in [5.41, 5.74) is 11.1. The Bertz CT molecular complexity index is 1420. The fraction of sp³-hybridized carbons (Fsp3) is 0.333. The summed E-state index contributed by atoms with van der Waals surface area (Å²) in [6, 6.07) is 11.6. The van der Waals surface area contributed by atoms with Crippen molar-refractivity contribution in [2.24, 2.45) is 5.41 Å². The van der Waals surface area contributed by atoms with Crippen molar-refractivity contribution in [2.75, 3.05) is 24.2 Å². The molecule has 0 aliphatic heterocycles. The van der Waals surface area contributed by atoms with Crippen molar-refractivity contribution in [2.45, 2.75) is 40.0 Å². The number of nitrogens with one attached hydrogen (secondary N) is 1. The Hall–Kier alpha value is -3.10. The van der Waals surface area contributed by atoms with Crippen LogP contribution in [0.3, 0.4) is 0 Å². The van der Waals surface area contributed by atoms with E-state index in [1.54, 1.807) is 22.7 Å². The average Bonchev–Trinajstić information content (AvgIpc) is 3.36. The number of aromatic carboxylic acids is 1. The molecule has 8 heteroatoms. The van der Waals surface area contributed by atoms with E-state index >= 15 is 0 Å². The quantitative estimate of drug-likeness (QED) is 0.192. The second kappa shape index (κ2) is 9.17. The van der Waals surface area contributed by atoms with Gasteiger partial charge in [0.15, 0.2) is 5.13 Å². The second-order valence-corrected chi connectivity index (χ2v) is 12.0. The van der Waals surface area contributed by atoms with Gasteiger partial charge in [-0.05, 0) is 84.7 Å². The molecule has 2 aromatic heterocycles. The minimum Gasteiger partial charge on any atom is -0.492 e. The Kier molecular flexibility index (Phi) is 6.19. The molecule has 0 unspecified atom stereocenters. The van der Waals surface area contributed by atoms with Gasteiger partial charge in [0.05, 0.1) is 22.3 Å². The normalized spacial score (nSPS) is 14.6. The summed E-state index contributed by atoms with van der Waals surface area (Å²) in [5, 5.41) is 14.2. The minimum absolute atomic E-state index is 0.134. The third-order valence-corrected chi connectivity index (χ3v) is 8.79. The van der Waals surface area contributed by atoms with Gasteiger partial charge in [-0.15, -0.1) is 11.3 Å². The van der Waals surface area contributed by atoms with E-state index in [0.717, 1.165) is 67.6 Å². The maximum atomic E-state index is 12.2. The molecule has 35 heavy (non-hydrogen) atoms. The lowest BCUT2D eigenvalue weighted by Crippen LogP contribution is -2.22. The molecule has 4 N–H and O–H groups in total. The van der Waals surface area contributed by atoms with Gasteiger partial charge in [0, 0.05) is 15.4 Å². The Morgan fingerprint density at radius 2 is 2.06 bits per heavy atom. The number of anilines is 2. The number of thiazole rings is 1. The number of benzene rings is 2. The molecule has 0 saturated heterocycles. The van der Waals surface area contributed by atoms with Gasteiger partial charge in [0.25, 0.3) is 0 Å². The van der Waals surface area contributed by atoms with Crippen LogP contribution in [0.1, 0.15) is 46.6 Å². The number of carboxylic acids is 1. The SMILES string of the molecule is Cc1cc(OCCNc2nc3ccc(N)cc3s2)ccc1-c1sc2c(c1C(=O)O)CC(C)(C)CC2. The van der Waals surface area contributed by atoms with Gasteiger partial charge in [-0.2, -0.15) is 0 Å². The zero-order valence-corrected chi connectivity index (χ0v) is 21.7. The first-order chi connectivity index (χ1) is 16.7. The summed E-state index contributed by atoms with van der Waals surface area (Å²) in [7, 11) is 0. The number of hydrogen-bond acceptors (Lipinski definition) is 7. The van der Waals surface area contributed by atoms with Crippen molar-refractivity contribution in [3.05, 3.63) is 58.0 Å². The van der Waals surface area contributed by atoms with Crippen LogP contribution in [-0.4, -0.2) is 29.2 Å². The van der Waals surface area contributed by atoms with E-state index in [9.17, 15) is 9.90 Å². The van der Waals surface area contributed by atoms with Crippen LogP contribution in [0.2, 0.25) is 0 Å². The molecule has 6 nitrogen and oxygen atoms in total. The molecule has 0 atom stereocenters. The molecule has 1 aliphatic carbocycles. The first-order valence-electron chi connectivity index (χ1n) is 11.7. The van der Waals surface area contributed by atoms with Crippen LogP contribution in [0.15, 0.2) is 36.4 Å². The second-order valence-electron chi connectivity index (χ2n) is 9.85. The van der Waals surface area contributed by atoms with Crippen LogP contribution in [0.4, 0.5) is 10.8 Å². The number of nitrogen functional groups attached to an aromatic ring is 1. The van der Waals surface area contributed by atoms with Crippen molar-refractivity contribution >= 4 is 49.7 Å². The molecule has 0 spiro atoms. The zero-order chi connectivity index (χ0) is 24.7. The van der Waals surface area contributed by atoms with Gasteiger partial charge in [-0.25, -0.2) is 9.78 Å². The smallest absolute Gasteiger partial charge is 0.337 e. The third kappa shape index (κ3) is 4.86. The van der Waals surface area contributed by atoms with Gasteiger partial charge in [0.2, 0.25) is 0 Å². The maximum absolute atomic E-state index is 12.2. The highest BCUT2D eigenvalue weighted by Gasteiger charge is 2.33. The van der Waals surface area contributed by atoms with Crippen LogP contribution in [0.25, 0.3) is 20.7 Å². The van der Waals surface area contributed by atoms with Gasteiger partial charge in [-0.1, -0.05) is 25.2 Å². The highest BCUT2D eigenvalue weighted by atomic mass is 32.1. The molecule has 0 saturated carbocycles. The van der Waals surface area contributed by atoms with Gasteiger partial charge in [0.1, 0.15) is 12.4 Å². The monoisotopic (exact) mass is 507 g/mol. The predicted octanol–water partition coefficient (Wildman–Crippen LogP) is 6.62. The molecular formula is C27H29N3O3S2. The summed E-state index contributed by atoms with van der Waals surface area (Å²) >= 11 is 3.21. The van der Waals surface area contributed by atoms with E-state index < -0.39 is 5.97 Å². The van der Waals surface area contributed by atoms with Gasteiger partial charge in [-0.3, -0.25) is 0 Å². The van der Waals surface area contributed by atoms with Crippen molar-refractivity contribution in [1.29, 1.82) is 0 Å². The van der Waals surface area contributed by atoms with E-state index in [0.29, 0.717) is 18.7 Å². The fourth-order valence-corrected chi connectivity index (χ4v) is 7.00. The molecule has 0 radical (unpaired) electrons. The van der Waals surface area contributed by atoms with E-state index in [2.05, 4.69) is 24.1 Å². The standard InChI is InChI=1S/C27H29N3O3S2/c1-15-12-17(33-11-10-29-26-30-20-7-4-16(28)13-22(20)35-26)5-6-18(15)24-23(25(31)32)19-14-27(2,3)9-8-21(19)34-24/h4-7,12-13H,8-11,14,28H2,1-3H3,(H,29,30)(H,31,32). The summed E-state index contributed by atoms with van der Waals surface area (Å²) in [5.74, 6) is -0.0667. The summed E-state index contributed by atoms with van der Waals surface area (Å²) < 4.78 is 7.02. The van der Waals surface area contributed by atoms with Crippen molar-refractivity contribution in [1.82, 2.24) is 4.98 Å². The van der Waals surface area contributed by atoms with E-state index in [1.807, 2.05) is 43.3 Å². The number of fused-ring (bicyclic) bond motifs is 2. The Morgan fingerprint density at radius 3 is 2.83 bits per heavy atom. The number of carboxylic acid groups (broad SMARTS) is 1. The maximum Gasteiger partial charge on any atom is 0.337 e. The topological polar surface area (TPSA) is 97.5 Å². The van der Waals surface area contributed by atoms with Crippen LogP contribution in [-0.2, 0) is 12.8 Å². The van der Waals surface area contributed by atoms with Crippen LogP contribution in [0, 0.1) is 12.3 Å². The zero-order valence-electron chi connectivity index (χ0n) is 20.1. The fourth-order valence-electron chi connectivity index (χ4n) is 4.66. The number of aryl methyl sites for hydroxylation is 2. The molecule has 1 aliphatic rings. The van der Waals surface area contributed by atoms with Crippen molar-refractivity contribution in [3.8, 4) is 16.2 Å². The molecule has 2 heterocycles. The highest BCUT2D eigenvalue weighted by molar-refractivity contribution is 7.22. The molecule has 182 valence electrons. The molecule has 0 fully saturated rings. The summed E-state index contributed by atoms with van der Waals surface area (Å²) in [6.45, 7) is 7.56. The van der Waals surface area contributed by atoms with E-state index in [1.165, 1.54) is 4.88 Å². The first kappa shape index (κ1) is 23.6. The lowest BCUT2D eigenvalue weighted by Gasteiger charge is -2.29. The lowest BCUT2D eigenvalue weighted by molar-refractivity contribution is 0.0696. The number of nitrogens with two attached hydrogens (primary N) is 1. The number of rotatable bonds is 7. The number of aromatic nitrogens is 1. The summed E-state index contributed by atoms with van der Waals surface area (Å²) in [4.78, 5) is 18.9. The number of ether oxygens (including phenoxy) is 1. The number of thiophene rings is 1. The van der Waals surface area contributed by atoms with Crippen LogP contribution >= 0.6 is 22.7 Å². The molecule has 5 rings (SSSR count). The molecular weight excluding hydrogens is 478 g/mol. The largest absolute Gasteiger partial charge is 0.492 e. The molecule has 4 aromatic rings.